The number of imide groups is 1. The average molecular weight is 501 g/mol. The highest BCUT2D eigenvalue weighted by atomic mass is 32.2. The van der Waals surface area contributed by atoms with E-state index in [0.717, 1.165) is 12.1 Å². The van der Waals surface area contributed by atoms with Crippen molar-refractivity contribution >= 4 is 33.4 Å². The topological polar surface area (TPSA) is 154 Å². The molecule has 34 heavy (non-hydrogen) atoms. The molecule has 182 valence electrons. The molecule has 0 saturated carbocycles. The molecule has 0 aromatic heterocycles. The molecule has 2 bridgehead atoms. The molecule has 0 radical (unpaired) electrons. The lowest BCUT2D eigenvalue weighted by atomic mass is 9.61. The Bertz CT molecular complexity index is 1310. The first-order valence-electron chi connectivity index (χ1n) is 9.83. The second-order valence-electron chi connectivity index (χ2n) is 9.07. The largest absolute Gasteiger partial charge is 0.417 e. The second-order valence-corrected chi connectivity index (χ2v) is 10.8. The van der Waals surface area contributed by atoms with Crippen LogP contribution >= 0.6 is 0 Å². The Morgan fingerprint density at radius 3 is 2.38 bits per heavy atom. The van der Waals surface area contributed by atoms with Crippen LogP contribution in [0.2, 0.25) is 0 Å². The number of hydrogen-bond donors (Lipinski definition) is 2. The molecule has 1 aromatic rings. The molecule has 3 amide bonds. The number of rotatable bonds is 3. The molecule has 3 aliphatic heterocycles. The zero-order valence-electron chi connectivity index (χ0n) is 17.9. The molecule has 2 N–H and O–H groups in total. The zero-order valence-corrected chi connectivity index (χ0v) is 18.7. The van der Waals surface area contributed by atoms with E-state index in [-0.39, 0.29) is 0 Å². The van der Waals surface area contributed by atoms with E-state index in [1.54, 1.807) is 4.72 Å². The van der Waals surface area contributed by atoms with Crippen LogP contribution in [0.15, 0.2) is 18.2 Å². The van der Waals surface area contributed by atoms with E-state index in [9.17, 15) is 41.1 Å². The molecule has 3 aliphatic rings. The number of fused-ring (bicyclic) bond motifs is 5. The molecule has 3 saturated heterocycles. The highest BCUT2D eigenvalue weighted by Crippen LogP contribution is 2.64. The van der Waals surface area contributed by atoms with Crippen molar-refractivity contribution in [3.05, 3.63) is 29.3 Å². The molecule has 0 spiro atoms. The summed E-state index contributed by atoms with van der Waals surface area (Å²) in [5.41, 5.74) is -8.66. The summed E-state index contributed by atoms with van der Waals surface area (Å²) in [6.45, 7) is 2.54. The van der Waals surface area contributed by atoms with Crippen molar-refractivity contribution in [3.63, 3.8) is 0 Å². The first-order chi connectivity index (χ1) is 15.4. The Morgan fingerprint density at radius 2 is 1.85 bits per heavy atom. The monoisotopic (exact) mass is 501 g/mol. The third-order valence-corrected chi connectivity index (χ3v) is 7.33. The Morgan fingerprint density at radius 1 is 1.26 bits per heavy atom. The van der Waals surface area contributed by atoms with Gasteiger partial charge in [0.2, 0.25) is 21.8 Å². The van der Waals surface area contributed by atoms with E-state index in [4.69, 9.17) is 10.00 Å². The fraction of sp³-hybridized carbons (Fsp3) is 0.500. The number of alkyl halides is 3. The van der Waals surface area contributed by atoms with Gasteiger partial charge in [0.25, 0.3) is 5.91 Å². The van der Waals surface area contributed by atoms with Crippen molar-refractivity contribution in [2.45, 2.75) is 43.2 Å². The van der Waals surface area contributed by atoms with Crippen LogP contribution in [0.1, 0.15) is 31.4 Å². The lowest BCUT2D eigenvalue weighted by molar-refractivity contribution is -0.165. The number of benzene rings is 1. The number of nitrogens with one attached hydrogen (secondary N) is 1. The van der Waals surface area contributed by atoms with E-state index >= 15 is 0 Å². The molecular formula is C20H18F3N3O7S. The molecule has 1 aromatic carbocycles. The first-order valence-corrected chi connectivity index (χ1v) is 11.7. The van der Waals surface area contributed by atoms with Crippen molar-refractivity contribution < 1.29 is 45.8 Å². The molecule has 0 aliphatic carbocycles. The maximum absolute atomic E-state index is 13.4. The number of aliphatic hydroxyl groups is 1. The smallest absolute Gasteiger partial charge is 0.377 e. The summed E-state index contributed by atoms with van der Waals surface area (Å²) in [5.74, 6) is -6.01. The highest BCUT2D eigenvalue weighted by molar-refractivity contribution is 7.89. The van der Waals surface area contributed by atoms with Gasteiger partial charge in [-0.25, -0.2) is 13.3 Å². The van der Waals surface area contributed by atoms with Crippen molar-refractivity contribution in [1.82, 2.24) is 4.72 Å². The van der Waals surface area contributed by atoms with E-state index in [1.807, 2.05) is 0 Å². The summed E-state index contributed by atoms with van der Waals surface area (Å²) in [6, 6.07) is 3.76. The van der Waals surface area contributed by atoms with Gasteiger partial charge in [-0.2, -0.15) is 18.4 Å². The number of sulfonamides is 1. The lowest BCUT2D eigenvalue weighted by Crippen LogP contribution is -2.65. The number of halogens is 3. The minimum atomic E-state index is -4.94. The maximum atomic E-state index is 13.4. The van der Waals surface area contributed by atoms with E-state index in [1.165, 1.54) is 19.9 Å². The van der Waals surface area contributed by atoms with Crippen molar-refractivity contribution in [3.8, 4) is 6.07 Å². The average Bonchev–Trinajstić information content (AvgIpc) is 3.18. The fourth-order valence-corrected chi connectivity index (χ4v) is 5.94. The van der Waals surface area contributed by atoms with Gasteiger partial charge in [-0.3, -0.25) is 19.1 Å². The van der Waals surface area contributed by atoms with Crippen LogP contribution in [0.5, 0.6) is 0 Å². The third-order valence-electron chi connectivity index (χ3n) is 6.77. The van der Waals surface area contributed by atoms with Gasteiger partial charge in [0.1, 0.15) is 5.60 Å². The summed E-state index contributed by atoms with van der Waals surface area (Å²) in [6.07, 6.45) is -4.79. The summed E-state index contributed by atoms with van der Waals surface area (Å²) in [5, 5.41) is 20.2. The summed E-state index contributed by atoms with van der Waals surface area (Å²) in [7, 11) is -4.10. The van der Waals surface area contributed by atoms with Crippen LogP contribution in [0.25, 0.3) is 0 Å². The van der Waals surface area contributed by atoms with Gasteiger partial charge in [0.05, 0.1) is 46.6 Å². The molecule has 5 atom stereocenters. The molecular weight excluding hydrogens is 483 g/mol. The number of amides is 3. The van der Waals surface area contributed by atoms with E-state index in [0.29, 0.717) is 17.2 Å². The van der Waals surface area contributed by atoms with Crippen molar-refractivity contribution in [2.75, 3.05) is 11.2 Å². The van der Waals surface area contributed by atoms with Crippen molar-refractivity contribution in [2.24, 2.45) is 11.8 Å². The molecule has 14 heteroatoms. The SMILES string of the molecule is CC12C[C@@](O)(C(=O)NS(C)(=O)=O)C(C)(O1)[C@@H]1C(=O)N(c3ccc(C#N)c(C(F)(F)F)c3)C(=O)[C@@H]12. The number of carbonyl (C=O) groups excluding carboxylic acids is 3. The number of nitrogens with zero attached hydrogens (tertiary/aromatic N) is 2. The molecule has 3 fully saturated rings. The number of nitriles is 1. The highest BCUT2D eigenvalue weighted by Gasteiger charge is 2.82. The number of hydrogen-bond acceptors (Lipinski definition) is 8. The van der Waals surface area contributed by atoms with Crippen LogP contribution in [0.3, 0.4) is 0 Å². The van der Waals surface area contributed by atoms with Gasteiger partial charge in [0.15, 0.2) is 5.60 Å². The predicted octanol–water partition coefficient (Wildman–Crippen LogP) is 0.441. The first kappa shape index (κ1) is 24.1. The number of carbonyl (C=O) groups is 3. The number of anilines is 1. The Labute approximate surface area is 191 Å². The molecule has 3 heterocycles. The summed E-state index contributed by atoms with van der Waals surface area (Å²) >= 11 is 0. The lowest BCUT2D eigenvalue weighted by Gasteiger charge is -2.40. The zero-order chi connectivity index (χ0) is 25.6. The van der Waals surface area contributed by atoms with E-state index < -0.39 is 85.8 Å². The quantitative estimate of drug-likeness (QED) is 0.566. The molecule has 2 unspecified atom stereocenters. The van der Waals surface area contributed by atoms with Gasteiger partial charge in [-0.1, -0.05) is 0 Å². The predicted molar refractivity (Wildman–Crippen MR) is 106 cm³/mol. The normalized spacial score (nSPS) is 34.8. The van der Waals surface area contributed by atoms with Gasteiger partial charge >= 0.3 is 6.18 Å². The van der Waals surface area contributed by atoms with Crippen LogP contribution in [0.4, 0.5) is 18.9 Å². The van der Waals surface area contributed by atoms with Crippen LogP contribution in [-0.2, 0) is 35.3 Å². The summed E-state index contributed by atoms with van der Waals surface area (Å²) in [4.78, 5) is 39.8. The van der Waals surface area contributed by atoms with Gasteiger partial charge in [-0.05, 0) is 32.0 Å². The second kappa shape index (κ2) is 6.77. The van der Waals surface area contributed by atoms with Crippen molar-refractivity contribution in [1.29, 1.82) is 5.26 Å². The molecule has 10 nitrogen and oxygen atoms in total. The fourth-order valence-electron chi connectivity index (χ4n) is 5.44. The van der Waals surface area contributed by atoms with Gasteiger partial charge < -0.3 is 9.84 Å². The Hall–Kier alpha value is -3.02. The minimum absolute atomic E-state index is 0.438. The number of ether oxygens (including phenoxy) is 1. The Kier molecular flexibility index (Phi) is 4.80. The third kappa shape index (κ3) is 3.07. The van der Waals surface area contributed by atoms with Crippen LogP contribution in [0, 0.1) is 23.2 Å². The maximum Gasteiger partial charge on any atom is 0.417 e. The Balaban J connectivity index is 1.80. The minimum Gasteiger partial charge on any atom is -0.377 e. The standard InChI is InChI=1S/C20H18F3N3O7S/c1-17-8-19(30,16(29)25-34(3,31)32)18(2,33-17)13-12(17)14(27)26(15(13)28)10-5-4-9(7-24)11(6-10)20(21,22)23/h4-6,12-13,30H,8H2,1-3H3,(H,25,29)/t12-,13+,17?,18?,19-/m1/s1. The van der Waals surface area contributed by atoms with Crippen LogP contribution in [-0.4, -0.2) is 54.3 Å². The van der Waals surface area contributed by atoms with Gasteiger partial charge in [0, 0.05) is 6.42 Å². The van der Waals surface area contributed by atoms with E-state index in [2.05, 4.69) is 0 Å². The molecule has 4 rings (SSSR count). The summed E-state index contributed by atoms with van der Waals surface area (Å²) < 4.78 is 70.8. The van der Waals surface area contributed by atoms with Gasteiger partial charge in [-0.15, -0.1) is 0 Å². The van der Waals surface area contributed by atoms with Crippen LogP contribution < -0.4 is 9.62 Å².